The van der Waals surface area contributed by atoms with E-state index in [1.807, 2.05) is 0 Å². The molecular weight excluding hydrogens is 297 g/mol. The molecule has 1 amide bonds. The van der Waals surface area contributed by atoms with Gasteiger partial charge in [0.15, 0.2) is 0 Å². The van der Waals surface area contributed by atoms with E-state index in [0.717, 1.165) is 38.2 Å². The lowest BCUT2D eigenvalue weighted by atomic mass is 10.2. The van der Waals surface area contributed by atoms with E-state index >= 15 is 0 Å². The van der Waals surface area contributed by atoms with Gasteiger partial charge in [-0.15, -0.1) is 0 Å². The Morgan fingerprint density at radius 1 is 1.48 bits per heavy atom. The highest BCUT2D eigenvalue weighted by atomic mass is 19.1. The van der Waals surface area contributed by atoms with Gasteiger partial charge in [0.25, 0.3) is 5.91 Å². The minimum atomic E-state index is -0.307. The van der Waals surface area contributed by atoms with Crippen LogP contribution in [0.1, 0.15) is 23.8 Å². The number of hydrogen-bond acceptors (Lipinski definition) is 3. The Kier molecular flexibility index (Phi) is 4.93. The van der Waals surface area contributed by atoms with E-state index in [1.165, 1.54) is 12.1 Å². The van der Waals surface area contributed by atoms with E-state index in [-0.39, 0.29) is 17.8 Å². The maximum absolute atomic E-state index is 13.2. The van der Waals surface area contributed by atoms with E-state index in [1.54, 1.807) is 12.1 Å². The molecule has 1 aromatic heterocycles. The molecule has 1 aromatic carbocycles. The molecule has 1 unspecified atom stereocenters. The van der Waals surface area contributed by atoms with E-state index in [9.17, 15) is 9.18 Å². The molecule has 1 fully saturated rings. The third-order valence-electron chi connectivity index (χ3n) is 4.25. The number of morpholine rings is 1. The van der Waals surface area contributed by atoms with E-state index in [0.29, 0.717) is 17.6 Å². The fourth-order valence-corrected chi connectivity index (χ4v) is 2.91. The van der Waals surface area contributed by atoms with Crippen LogP contribution in [-0.4, -0.2) is 54.7 Å². The molecule has 0 saturated carbocycles. The first-order chi connectivity index (χ1) is 11.2. The van der Waals surface area contributed by atoms with Crippen molar-refractivity contribution in [2.45, 2.75) is 19.4 Å². The van der Waals surface area contributed by atoms with E-state index < -0.39 is 0 Å². The highest BCUT2D eigenvalue weighted by Crippen LogP contribution is 2.16. The normalized spacial score (nSPS) is 19.1. The van der Waals surface area contributed by atoms with Gasteiger partial charge in [0.2, 0.25) is 0 Å². The SMILES string of the molecule is CCN1CCOC(CCNC(=O)c2cc3cc(F)ccc3[nH]2)C1. The number of H-pyrrole nitrogens is 1. The topological polar surface area (TPSA) is 57.4 Å². The average Bonchev–Trinajstić information content (AvgIpc) is 2.98. The van der Waals surface area contributed by atoms with Gasteiger partial charge >= 0.3 is 0 Å². The second-order valence-corrected chi connectivity index (χ2v) is 5.85. The molecule has 1 atom stereocenters. The zero-order valence-corrected chi connectivity index (χ0v) is 13.3. The Bertz CT molecular complexity index is 686. The molecule has 3 rings (SSSR count). The Morgan fingerprint density at radius 2 is 2.35 bits per heavy atom. The zero-order chi connectivity index (χ0) is 16.2. The fourth-order valence-electron chi connectivity index (χ4n) is 2.91. The number of carbonyl (C=O) groups is 1. The number of carbonyl (C=O) groups excluding carboxylic acids is 1. The van der Waals surface area contributed by atoms with Gasteiger partial charge in [0, 0.05) is 30.5 Å². The number of amides is 1. The van der Waals surface area contributed by atoms with E-state index in [2.05, 4.69) is 22.1 Å². The van der Waals surface area contributed by atoms with Crippen LogP contribution in [0.15, 0.2) is 24.3 Å². The summed E-state index contributed by atoms with van der Waals surface area (Å²) in [6.45, 7) is 6.37. The third kappa shape index (κ3) is 3.89. The predicted molar refractivity (Wildman–Crippen MR) is 87.1 cm³/mol. The number of nitrogens with one attached hydrogen (secondary N) is 2. The molecule has 0 bridgehead atoms. The van der Waals surface area contributed by atoms with Crippen molar-refractivity contribution in [1.82, 2.24) is 15.2 Å². The van der Waals surface area contributed by atoms with Gasteiger partial charge in [-0.05, 0) is 37.2 Å². The minimum Gasteiger partial charge on any atom is -0.375 e. The van der Waals surface area contributed by atoms with Gasteiger partial charge in [-0.2, -0.15) is 0 Å². The van der Waals surface area contributed by atoms with Crippen LogP contribution in [0.25, 0.3) is 10.9 Å². The van der Waals surface area contributed by atoms with Gasteiger partial charge in [-0.25, -0.2) is 4.39 Å². The molecule has 0 radical (unpaired) electrons. The summed E-state index contributed by atoms with van der Waals surface area (Å²) in [6, 6.07) is 6.10. The number of nitrogens with zero attached hydrogens (tertiary/aromatic N) is 1. The van der Waals surface area contributed by atoms with Crippen molar-refractivity contribution in [1.29, 1.82) is 0 Å². The Morgan fingerprint density at radius 3 is 3.17 bits per heavy atom. The van der Waals surface area contributed by atoms with Crippen molar-refractivity contribution >= 4 is 16.8 Å². The number of fused-ring (bicyclic) bond motifs is 1. The maximum atomic E-state index is 13.2. The van der Waals surface area contributed by atoms with Crippen molar-refractivity contribution in [2.24, 2.45) is 0 Å². The van der Waals surface area contributed by atoms with Gasteiger partial charge in [0.05, 0.1) is 12.7 Å². The van der Waals surface area contributed by atoms with Gasteiger partial charge in [-0.1, -0.05) is 6.92 Å². The Labute approximate surface area is 134 Å². The number of ether oxygens (including phenoxy) is 1. The molecule has 0 aliphatic carbocycles. The molecule has 1 saturated heterocycles. The van der Waals surface area contributed by atoms with Gasteiger partial charge in [-0.3, -0.25) is 9.69 Å². The summed E-state index contributed by atoms with van der Waals surface area (Å²) in [6.07, 6.45) is 0.956. The largest absolute Gasteiger partial charge is 0.375 e. The highest BCUT2D eigenvalue weighted by molar-refractivity contribution is 5.97. The molecule has 6 heteroatoms. The lowest BCUT2D eigenvalue weighted by molar-refractivity contribution is -0.0296. The van der Waals surface area contributed by atoms with Crippen LogP contribution in [0.4, 0.5) is 4.39 Å². The zero-order valence-electron chi connectivity index (χ0n) is 13.3. The number of aromatic amines is 1. The quantitative estimate of drug-likeness (QED) is 0.888. The van der Waals surface area contributed by atoms with Crippen LogP contribution in [0.2, 0.25) is 0 Å². The molecule has 124 valence electrons. The summed E-state index contributed by atoms with van der Waals surface area (Å²) in [5.41, 5.74) is 1.20. The van der Waals surface area contributed by atoms with Crippen molar-refractivity contribution in [3.63, 3.8) is 0 Å². The lowest BCUT2D eigenvalue weighted by Crippen LogP contribution is -2.43. The molecule has 1 aliphatic rings. The molecule has 0 spiro atoms. The van der Waals surface area contributed by atoms with Crippen LogP contribution >= 0.6 is 0 Å². The first-order valence-electron chi connectivity index (χ1n) is 8.06. The lowest BCUT2D eigenvalue weighted by Gasteiger charge is -2.32. The first kappa shape index (κ1) is 16.0. The minimum absolute atomic E-state index is 0.167. The summed E-state index contributed by atoms with van der Waals surface area (Å²) >= 11 is 0. The third-order valence-corrected chi connectivity index (χ3v) is 4.25. The number of rotatable bonds is 5. The number of aromatic nitrogens is 1. The molecule has 2 aromatic rings. The van der Waals surface area contributed by atoms with Crippen molar-refractivity contribution < 1.29 is 13.9 Å². The Balaban J connectivity index is 1.52. The Hall–Kier alpha value is -1.92. The molecular formula is C17H22FN3O2. The number of likely N-dealkylation sites (N-methyl/N-ethyl adjacent to an activating group) is 1. The monoisotopic (exact) mass is 319 g/mol. The number of halogens is 1. The van der Waals surface area contributed by atoms with Crippen LogP contribution in [0.3, 0.4) is 0 Å². The standard InChI is InChI=1S/C17H22FN3O2/c1-2-21-7-8-23-14(11-21)5-6-19-17(22)16-10-12-9-13(18)3-4-15(12)20-16/h3-4,9-10,14,20H,2,5-8,11H2,1H3,(H,19,22). The van der Waals surface area contributed by atoms with Gasteiger partial charge in [0.1, 0.15) is 11.5 Å². The highest BCUT2D eigenvalue weighted by Gasteiger charge is 2.19. The number of hydrogen-bond donors (Lipinski definition) is 2. The van der Waals surface area contributed by atoms with Crippen molar-refractivity contribution in [3.05, 3.63) is 35.8 Å². The molecule has 2 N–H and O–H groups in total. The van der Waals surface area contributed by atoms with Crippen LogP contribution in [-0.2, 0) is 4.74 Å². The maximum Gasteiger partial charge on any atom is 0.267 e. The van der Waals surface area contributed by atoms with Crippen molar-refractivity contribution in [3.8, 4) is 0 Å². The number of benzene rings is 1. The summed E-state index contributed by atoms with van der Waals surface area (Å²) in [5.74, 6) is -0.483. The second kappa shape index (κ2) is 7.10. The van der Waals surface area contributed by atoms with E-state index in [4.69, 9.17) is 4.74 Å². The molecule has 1 aliphatic heterocycles. The smallest absolute Gasteiger partial charge is 0.267 e. The summed E-state index contributed by atoms with van der Waals surface area (Å²) in [5, 5.41) is 3.59. The summed E-state index contributed by atoms with van der Waals surface area (Å²) in [7, 11) is 0. The van der Waals surface area contributed by atoms with Crippen LogP contribution in [0, 0.1) is 5.82 Å². The molecule has 2 heterocycles. The first-order valence-corrected chi connectivity index (χ1v) is 8.06. The predicted octanol–water partition coefficient (Wildman–Crippen LogP) is 2.15. The summed E-state index contributed by atoms with van der Waals surface area (Å²) in [4.78, 5) is 17.5. The van der Waals surface area contributed by atoms with Gasteiger partial charge < -0.3 is 15.0 Å². The molecule has 23 heavy (non-hydrogen) atoms. The molecule has 5 nitrogen and oxygen atoms in total. The second-order valence-electron chi connectivity index (χ2n) is 5.85. The van der Waals surface area contributed by atoms with Crippen LogP contribution < -0.4 is 5.32 Å². The van der Waals surface area contributed by atoms with Crippen molar-refractivity contribution in [2.75, 3.05) is 32.8 Å². The van der Waals surface area contributed by atoms with Crippen LogP contribution in [0.5, 0.6) is 0 Å². The fraction of sp³-hybridized carbons (Fsp3) is 0.471. The summed E-state index contributed by atoms with van der Waals surface area (Å²) < 4.78 is 18.9. The average molecular weight is 319 g/mol.